The van der Waals surface area contributed by atoms with Gasteiger partial charge in [0.1, 0.15) is 5.82 Å². The summed E-state index contributed by atoms with van der Waals surface area (Å²) in [5.41, 5.74) is 0. The Morgan fingerprint density at radius 2 is 1.62 bits per heavy atom. The van der Waals surface area contributed by atoms with Gasteiger partial charge in [-0.3, -0.25) is 0 Å². The van der Waals surface area contributed by atoms with E-state index in [1.54, 1.807) is 0 Å². The van der Waals surface area contributed by atoms with Crippen LogP contribution in [0.15, 0.2) is 24.3 Å². The van der Waals surface area contributed by atoms with Crippen molar-refractivity contribution in [1.29, 1.82) is 0 Å². The summed E-state index contributed by atoms with van der Waals surface area (Å²) in [5, 5.41) is 8.95. The van der Waals surface area contributed by atoms with Crippen LogP contribution in [0.1, 0.15) is 6.42 Å². The minimum Gasteiger partial charge on any atom is -0.371 e. The van der Waals surface area contributed by atoms with Crippen LogP contribution in [0.5, 0.6) is 0 Å². The van der Waals surface area contributed by atoms with Crippen molar-refractivity contribution in [2.24, 2.45) is 0 Å². The van der Waals surface area contributed by atoms with E-state index in [-0.39, 0.29) is 0 Å². The highest BCUT2D eigenvalue weighted by Crippen LogP contribution is 1.89. The molecule has 2 nitrogen and oxygen atoms in total. The summed E-state index contributed by atoms with van der Waals surface area (Å²) in [7, 11) is 0. The maximum absolute atomic E-state index is 3.86. The summed E-state index contributed by atoms with van der Waals surface area (Å²) in [4.78, 5) is 0. The van der Waals surface area contributed by atoms with Crippen LogP contribution in [-0.2, 0) is 0 Å². The average Bonchev–Trinajstić information content (AvgIpc) is 2.20. The minimum atomic E-state index is 1.06. The molecule has 68 valence electrons. The Morgan fingerprint density at radius 1 is 1.00 bits per heavy atom. The molecule has 0 aliphatic carbocycles. The first-order chi connectivity index (χ1) is 6.36. The molecule has 0 unspecified atom stereocenters. The third-order valence-electron chi connectivity index (χ3n) is 2.20. The molecule has 0 saturated carbocycles. The van der Waals surface area contributed by atoms with E-state index in [4.69, 9.17) is 0 Å². The van der Waals surface area contributed by atoms with Crippen molar-refractivity contribution in [3.63, 3.8) is 0 Å². The number of hydrogen-bond acceptors (Lipinski definition) is 2. The van der Waals surface area contributed by atoms with E-state index in [0.717, 1.165) is 24.1 Å². The SMILES string of the molecule is C=c1ccc(=C2NCCCN2)cc1. The van der Waals surface area contributed by atoms with Gasteiger partial charge < -0.3 is 10.6 Å². The van der Waals surface area contributed by atoms with Crippen molar-refractivity contribution in [3.8, 4) is 0 Å². The molecule has 1 aliphatic rings. The smallest absolute Gasteiger partial charge is 0.106 e. The van der Waals surface area contributed by atoms with Crippen LogP contribution < -0.4 is 21.1 Å². The Bertz CT molecular complexity index is 364. The number of rotatable bonds is 0. The van der Waals surface area contributed by atoms with E-state index in [0.29, 0.717) is 0 Å². The molecule has 13 heavy (non-hydrogen) atoms. The van der Waals surface area contributed by atoms with Gasteiger partial charge in [0.25, 0.3) is 0 Å². The van der Waals surface area contributed by atoms with E-state index < -0.39 is 0 Å². The topological polar surface area (TPSA) is 24.1 Å². The van der Waals surface area contributed by atoms with E-state index in [1.165, 1.54) is 11.6 Å². The quantitative estimate of drug-likeness (QED) is 0.566. The van der Waals surface area contributed by atoms with Crippen molar-refractivity contribution in [2.45, 2.75) is 6.42 Å². The number of nitrogens with one attached hydrogen (secondary N) is 2. The Kier molecular flexibility index (Phi) is 2.21. The number of benzene rings is 1. The fraction of sp³-hybridized carbons (Fsp3) is 0.273. The van der Waals surface area contributed by atoms with Gasteiger partial charge >= 0.3 is 0 Å². The summed E-state index contributed by atoms with van der Waals surface area (Å²) >= 11 is 0. The summed E-state index contributed by atoms with van der Waals surface area (Å²) < 4.78 is 0. The van der Waals surface area contributed by atoms with Gasteiger partial charge in [-0.2, -0.15) is 0 Å². The monoisotopic (exact) mass is 174 g/mol. The molecule has 1 aromatic carbocycles. The summed E-state index contributed by atoms with van der Waals surface area (Å²) in [5.74, 6) is 1.14. The van der Waals surface area contributed by atoms with Crippen LogP contribution in [-0.4, -0.2) is 13.1 Å². The minimum absolute atomic E-state index is 1.06. The van der Waals surface area contributed by atoms with Gasteiger partial charge in [-0.1, -0.05) is 30.8 Å². The van der Waals surface area contributed by atoms with Gasteiger partial charge in [-0.05, 0) is 11.6 Å². The predicted octanol–water partition coefficient (Wildman–Crippen LogP) is -0.254. The van der Waals surface area contributed by atoms with Gasteiger partial charge in [0.15, 0.2) is 0 Å². The van der Waals surface area contributed by atoms with Crippen LogP contribution in [0.4, 0.5) is 0 Å². The second-order valence-corrected chi connectivity index (χ2v) is 3.28. The highest BCUT2D eigenvalue weighted by atomic mass is 15.1. The van der Waals surface area contributed by atoms with Gasteiger partial charge in [0, 0.05) is 18.3 Å². The van der Waals surface area contributed by atoms with Crippen LogP contribution >= 0.6 is 0 Å². The highest BCUT2D eigenvalue weighted by Gasteiger charge is 2.01. The molecule has 2 heteroatoms. The maximum atomic E-state index is 3.86. The van der Waals surface area contributed by atoms with Gasteiger partial charge in [0.05, 0.1) is 0 Å². The van der Waals surface area contributed by atoms with E-state index in [2.05, 4.69) is 29.3 Å². The highest BCUT2D eigenvalue weighted by molar-refractivity contribution is 5.40. The Balaban J connectivity index is 2.41. The summed E-state index contributed by atoms with van der Waals surface area (Å²) in [6.45, 7) is 5.98. The second kappa shape index (κ2) is 3.52. The fourth-order valence-electron chi connectivity index (χ4n) is 1.45. The maximum Gasteiger partial charge on any atom is 0.106 e. The first-order valence-corrected chi connectivity index (χ1v) is 4.63. The number of hydrogen-bond donors (Lipinski definition) is 2. The predicted molar refractivity (Wildman–Crippen MR) is 55.2 cm³/mol. The lowest BCUT2D eigenvalue weighted by molar-refractivity contribution is 0.635. The lowest BCUT2D eigenvalue weighted by atomic mass is 10.2. The third kappa shape index (κ3) is 1.83. The molecule has 2 rings (SSSR count). The molecular weight excluding hydrogens is 160 g/mol. The largest absolute Gasteiger partial charge is 0.371 e. The van der Waals surface area contributed by atoms with Gasteiger partial charge in [-0.25, -0.2) is 0 Å². The third-order valence-corrected chi connectivity index (χ3v) is 2.20. The zero-order chi connectivity index (χ0) is 9.10. The molecule has 1 heterocycles. The lowest BCUT2D eigenvalue weighted by Gasteiger charge is -2.18. The molecule has 2 N–H and O–H groups in total. The second-order valence-electron chi connectivity index (χ2n) is 3.28. The zero-order valence-corrected chi connectivity index (χ0v) is 7.64. The average molecular weight is 174 g/mol. The van der Waals surface area contributed by atoms with Crippen molar-refractivity contribution in [2.75, 3.05) is 13.1 Å². The van der Waals surface area contributed by atoms with Crippen LogP contribution in [0.2, 0.25) is 0 Å². The lowest BCUT2D eigenvalue weighted by Crippen LogP contribution is -2.38. The molecule has 1 saturated heterocycles. The molecule has 1 fully saturated rings. The van der Waals surface area contributed by atoms with Crippen LogP contribution in [0.25, 0.3) is 12.4 Å². The summed E-state index contributed by atoms with van der Waals surface area (Å²) in [6, 6.07) is 8.23. The van der Waals surface area contributed by atoms with Crippen molar-refractivity contribution >= 4 is 12.4 Å². The van der Waals surface area contributed by atoms with Gasteiger partial charge in [0.2, 0.25) is 0 Å². The zero-order valence-electron chi connectivity index (χ0n) is 7.64. The van der Waals surface area contributed by atoms with E-state index >= 15 is 0 Å². The Hall–Kier alpha value is -1.44. The van der Waals surface area contributed by atoms with Crippen molar-refractivity contribution in [1.82, 2.24) is 10.6 Å². The molecular formula is C11H14N2. The molecule has 0 radical (unpaired) electrons. The molecule has 0 atom stereocenters. The first-order valence-electron chi connectivity index (χ1n) is 4.63. The molecule has 0 spiro atoms. The first kappa shape index (κ1) is 8.17. The van der Waals surface area contributed by atoms with Crippen LogP contribution in [0.3, 0.4) is 0 Å². The molecule has 0 bridgehead atoms. The normalized spacial score (nSPS) is 16.2. The van der Waals surface area contributed by atoms with E-state index in [1.807, 2.05) is 12.1 Å². The standard InChI is InChI=1S/C11H14N2/c1-9-3-5-10(6-4-9)11-12-7-2-8-13-11/h3-6,12-13H,1-2,7-8H2. The molecule has 1 aliphatic heterocycles. The Labute approximate surface area is 78.0 Å². The van der Waals surface area contributed by atoms with E-state index in [9.17, 15) is 0 Å². The molecule has 1 aromatic rings. The molecule has 0 amide bonds. The summed E-state index contributed by atoms with van der Waals surface area (Å²) in [6.07, 6.45) is 1.19. The van der Waals surface area contributed by atoms with Crippen LogP contribution in [0, 0.1) is 0 Å². The molecule has 0 aromatic heterocycles. The van der Waals surface area contributed by atoms with Gasteiger partial charge in [-0.15, -0.1) is 0 Å². The fourth-order valence-corrected chi connectivity index (χ4v) is 1.45. The van der Waals surface area contributed by atoms with Crippen molar-refractivity contribution in [3.05, 3.63) is 34.7 Å². The van der Waals surface area contributed by atoms with Crippen molar-refractivity contribution < 1.29 is 0 Å². The Morgan fingerprint density at radius 3 is 2.23 bits per heavy atom.